The number of piperidine rings is 1. The molecule has 0 radical (unpaired) electrons. The van der Waals surface area contributed by atoms with Crippen molar-refractivity contribution in [2.75, 3.05) is 19.7 Å². The number of tetrazole rings is 1. The van der Waals surface area contributed by atoms with E-state index in [9.17, 15) is 27.5 Å². The Morgan fingerprint density at radius 3 is 2.37 bits per heavy atom. The van der Waals surface area contributed by atoms with Crippen LogP contribution in [0.15, 0.2) is 48.8 Å². The summed E-state index contributed by atoms with van der Waals surface area (Å²) in [5, 5.41) is 30.7. The Morgan fingerprint density at radius 1 is 1.09 bits per heavy atom. The van der Waals surface area contributed by atoms with Crippen LogP contribution in [0.5, 0.6) is 5.75 Å². The number of aromatic nitrogens is 4. The van der Waals surface area contributed by atoms with E-state index in [1.54, 1.807) is 12.1 Å². The highest BCUT2D eigenvalue weighted by Crippen LogP contribution is 2.80. The number of carbonyl (C=O) groups is 1. The van der Waals surface area contributed by atoms with Gasteiger partial charge in [-0.1, -0.05) is 12.1 Å². The molecule has 2 N–H and O–H groups in total. The summed E-state index contributed by atoms with van der Waals surface area (Å²) >= 11 is 0. The number of alkyl halides is 4. The predicted octanol–water partition coefficient (Wildman–Crippen LogP) is 3.20. The number of ether oxygens (including phenoxy) is 1. The van der Waals surface area contributed by atoms with Crippen LogP contribution in [0.1, 0.15) is 36.8 Å². The maximum atomic E-state index is 16.4. The molecule has 2 heterocycles. The quantitative estimate of drug-likeness (QED) is 0.358. The fourth-order valence-corrected chi connectivity index (χ4v) is 6.96. The minimum Gasteiger partial charge on any atom is -0.484 e. The second-order valence-electron chi connectivity index (χ2n) is 11.8. The molecule has 4 aliphatic rings. The summed E-state index contributed by atoms with van der Waals surface area (Å²) in [5.41, 5.74) is -5.54. The summed E-state index contributed by atoms with van der Waals surface area (Å²) in [6.45, 7) is -2.62. The highest BCUT2D eigenvalue weighted by Gasteiger charge is 2.82. The molecule has 2 bridgehead atoms. The average Bonchev–Trinajstić information content (AvgIpc) is 3.41. The number of rotatable bonds is 9. The minimum absolute atomic E-state index is 0.00126. The molecule has 3 aromatic rings. The Hall–Kier alpha value is -3.72. The minimum atomic E-state index is -3.88. The molecular weight excluding hydrogens is 584 g/mol. The lowest BCUT2D eigenvalue weighted by molar-refractivity contribution is -0.347. The second kappa shape index (κ2) is 9.91. The standard InChI is InChI=1S/C28H27F6N5O4/c29-18-3-6-20(21(30)9-18)26(42,14-39-16-35-36-37-39)28(33,34)25-11-24(12-25,13-25)17-1-4-19(5-2-17)43-22-7-8-38(23(41)10-40)15-27(22,31)32/h1-6,9,16,22,40,42H,7-8,10-15H2. The van der Waals surface area contributed by atoms with Crippen LogP contribution >= 0.6 is 0 Å². The lowest BCUT2D eigenvalue weighted by Gasteiger charge is -2.74. The van der Waals surface area contributed by atoms with Gasteiger partial charge in [0.25, 0.3) is 5.92 Å². The topological polar surface area (TPSA) is 114 Å². The van der Waals surface area contributed by atoms with Gasteiger partial charge in [0.1, 0.15) is 30.3 Å². The number of likely N-dealkylation sites (tertiary alicyclic amines) is 1. The van der Waals surface area contributed by atoms with Crippen molar-refractivity contribution in [3.05, 3.63) is 71.6 Å². The fraction of sp³-hybridized carbons (Fsp3) is 0.500. The Labute approximate surface area is 241 Å². The van der Waals surface area contributed by atoms with Crippen molar-refractivity contribution in [3.8, 4) is 5.75 Å². The van der Waals surface area contributed by atoms with Crippen LogP contribution in [0.25, 0.3) is 0 Å². The molecule has 1 saturated heterocycles. The zero-order chi connectivity index (χ0) is 30.8. The van der Waals surface area contributed by atoms with Crippen LogP contribution in [0.3, 0.4) is 0 Å². The molecule has 3 aliphatic carbocycles. The van der Waals surface area contributed by atoms with E-state index in [4.69, 9.17) is 9.84 Å². The molecule has 4 fully saturated rings. The first-order chi connectivity index (χ1) is 20.2. The molecule has 9 nitrogen and oxygen atoms in total. The summed E-state index contributed by atoms with van der Waals surface area (Å²) < 4.78 is 96.8. The third-order valence-electron chi connectivity index (χ3n) is 9.14. The van der Waals surface area contributed by atoms with Crippen molar-refractivity contribution in [2.45, 2.75) is 61.2 Å². The third-order valence-corrected chi connectivity index (χ3v) is 9.14. The molecule has 7 rings (SSSR count). The number of hydrogen-bond acceptors (Lipinski definition) is 7. The number of hydrogen-bond donors (Lipinski definition) is 2. The first kappa shape index (κ1) is 29.4. The van der Waals surface area contributed by atoms with Crippen molar-refractivity contribution in [2.24, 2.45) is 5.41 Å². The van der Waals surface area contributed by atoms with Crippen LogP contribution in [-0.4, -0.2) is 78.9 Å². The van der Waals surface area contributed by atoms with Crippen molar-refractivity contribution in [1.82, 2.24) is 25.1 Å². The van der Waals surface area contributed by atoms with E-state index >= 15 is 8.78 Å². The molecule has 1 amide bonds. The zero-order valence-corrected chi connectivity index (χ0v) is 22.6. The normalized spacial score (nSPS) is 27.5. The van der Waals surface area contributed by atoms with Crippen LogP contribution in [0.4, 0.5) is 26.3 Å². The van der Waals surface area contributed by atoms with Gasteiger partial charge in [-0.15, -0.1) is 5.10 Å². The van der Waals surface area contributed by atoms with E-state index in [-0.39, 0.29) is 38.0 Å². The molecular formula is C28H27F6N5O4. The molecule has 2 aromatic carbocycles. The molecule has 230 valence electrons. The van der Waals surface area contributed by atoms with Crippen molar-refractivity contribution in [1.29, 1.82) is 0 Å². The van der Waals surface area contributed by atoms with E-state index in [0.29, 0.717) is 11.6 Å². The van der Waals surface area contributed by atoms with Gasteiger partial charge in [-0.3, -0.25) is 4.79 Å². The van der Waals surface area contributed by atoms with Crippen LogP contribution in [-0.2, 0) is 22.4 Å². The smallest absolute Gasteiger partial charge is 0.301 e. The van der Waals surface area contributed by atoms with E-state index in [0.717, 1.165) is 28.0 Å². The van der Waals surface area contributed by atoms with E-state index < -0.39 is 77.2 Å². The first-order valence-electron chi connectivity index (χ1n) is 13.5. The Kier molecular flexibility index (Phi) is 6.76. The van der Waals surface area contributed by atoms with Gasteiger partial charge in [-0.25, -0.2) is 31.0 Å². The summed E-state index contributed by atoms with van der Waals surface area (Å²) in [7, 11) is 0. The van der Waals surface area contributed by atoms with Crippen molar-refractivity contribution in [3.63, 3.8) is 0 Å². The van der Waals surface area contributed by atoms with Gasteiger partial charge in [0.15, 0.2) is 11.7 Å². The maximum Gasteiger partial charge on any atom is 0.301 e. The van der Waals surface area contributed by atoms with Gasteiger partial charge < -0.3 is 19.8 Å². The van der Waals surface area contributed by atoms with Crippen LogP contribution in [0.2, 0.25) is 0 Å². The number of benzene rings is 2. The monoisotopic (exact) mass is 611 g/mol. The number of aliphatic hydroxyl groups excluding tert-OH is 1. The van der Waals surface area contributed by atoms with Gasteiger partial charge in [0.05, 0.1) is 13.1 Å². The van der Waals surface area contributed by atoms with Crippen molar-refractivity contribution >= 4 is 5.91 Å². The fourth-order valence-electron chi connectivity index (χ4n) is 6.96. The molecule has 15 heteroatoms. The molecule has 1 aromatic heterocycles. The number of halogens is 6. The Bertz CT molecular complexity index is 1500. The Morgan fingerprint density at radius 2 is 1.79 bits per heavy atom. The lowest BCUT2D eigenvalue weighted by Crippen LogP contribution is -2.76. The summed E-state index contributed by atoms with van der Waals surface area (Å²) in [5.74, 6) is -10.2. The largest absolute Gasteiger partial charge is 0.484 e. The number of nitrogens with zero attached hydrogens (tertiary/aromatic N) is 5. The molecule has 2 atom stereocenters. The van der Waals surface area contributed by atoms with E-state index in [1.807, 2.05) is 0 Å². The molecule has 2 unspecified atom stereocenters. The maximum absolute atomic E-state index is 16.4. The molecule has 1 aliphatic heterocycles. The summed E-state index contributed by atoms with van der Waals surface area (Å²) in [4.78, 5) is 12.5. The number of aliphatic hydroxyl groups is 2. The average molecular weight is 612 g/mol. The highest BCUT2D eigenvalue weighted by molar-refractivity contribution is 5.77. The molecule has 43 heavy (non-hydrogen) atoms. The van der Waals surface area contributed by atoms with Gasteiger partial charge in [-0.05, 0) is 64.9 Å². The zero-order valence-electron chi connectivity index (χ0n) is 22.6. The summed E-state index contributed by atoms with van der Waals surface area (Å²) in [6, 6.07) is 8.20. The van der Waals surface area contributed by atoms with E-state index in [2.05, 4.69) is 15.5 Å². The summed E-state index contributed by atoms with van der Waals surface area (Å²) in [6.07, 6.45) is -0.758. The van der Waals surface area contributed by atoms with Gasteiger partial charge in [0, 0.05) is 30.0 Å². The first-order valence-corrected chi connectivity index (χ1v) is 13.5. The second-order valence-corrected chi connectivity index (χ2v) is 11.8. The SMILES string of the molecule is O=C(CO)N1CCC(Oc2ccc(C34CC(C(F)(F)C(O)(Cn5cnnn5)c5ccc(F)cc5F)(C3)C4)cc2)C(F)(F)C1. The van der Waals surface area contributed by atoms with Gasteiger partial charge in [-0.2, -0.15) is 0 Å². The predicted molar refractivity (Wildman–Crippen MR) is 135 cm³/mol. The van der Waals surface area contributed by atoms with Crippen LogP contribution in [0, 0.1) is 17.0 Å². The third kappa shape index (κ3) is 4.55. The molecule has 3 saturated carbocycles. The van der Waals surface area contributed by atoms with Gasteiger partial charge >= 0.3 is 5.92 Å². The number of carbonyl (C=O) groups excluding carboxylic acids is 1. The Balaban J connectivity index is 1.17. The number of amides is 1. The lowest BCUT2D eigenvalue weighted by atomic mass is 9.30. The van der Waals surface area contributed by atoms with Crippen molar-refractivity contribution < 1.29 is 46.1 Å². The van der Waals surface area contributed by atoms with Crippen LogP contribution < -0.4 is 4.74 Å². The van der Waals surface area contributed by atoms with Gasteiger partial charge in [0.2, 0.25) is 5.91 Å². The van der Waals surface area contributed by atoms with E-state index in [1.165, 1.54) is 12.1 Å². The molecule has 0 spiro atoms. The highest BCUT2D eigenvalue weighted by atomic mass is 19.3.